The topological polar surface area (TPSA) is 49.2 Å². The van der Waals surface area contributed by atoms with Crippen LogP contribution in [0.5, 0.6) is 0 Å². The van der Waals surface area contributed by atoms with Crippen LogP contribution < -0.4 is 4.90 Å². The molecule has 1 aromatic heterocycles. The van der Waals surface area contributed by atoms with Crippen molar-refractivity contribution in [2.24, 2.45) is 0 Å². The Labute approximate surface area is 111 Å². The van der Waals surface area contributed by atoms with Gasteiger partial charge in [0.2, 0.25) is 5.95 Å². The molecule has 1 aromatic carbocycles. The van der Waals surface area contributed by atoms with Gasteiger partial charge in [0, 0.05) is 31.0 Å². The van der Waals surface area contributed by atoms with Crippen LogP contribution in [0, 0.1) is 12.7 Å². The first kappa shape index (κ1) is 13.4. The Bertz CT molecular complexity index is 557. The van der Waals surface area contributed by atoms with Gasteiger partial charge in [-0.3, -0.25) is 0 Å². The number of hydrogen-bond donors (Lipinski definition) is 1. The lowest BCUT2D eigenvalue weighted by Crippen LogP contribution is -2.19. The maximum absolute atomic E-state index is 12.8. The molecule has 5 heteroatoms. The van der Waals surface area contributed by atoms with Gasteiger partial charge in [0.15, 0.2) is 0 Å². The second-order valence-corrected chi connectivity index (χ2v) is 4.42. The molecule has 0 fully saturated rings. The summed E-state index contributed by atoms with van der Waals surface area (Å²) in [6, 6.07) is 6.34. The highest BCUT2D eigenvalue weighted by Gasteiger charge is 2.08. The Kier molecular flexibility index (Phi) is 4.06. The fourth-order valence-electron chi connectivity index (χ4n) is 1.75. The van der Waals surface area contributed by atoms with E-state index in [1.807, 2.05) is 18.9 Å². The van der Waals surface area contributed by atoms with Crippen LogP contribution in [-0.4, -0.2) is 22.1 Å². The van der Waals surface area contributed by atoms with Crippen molar-refractivity contribution >= 4 is 5.95 Å². The first-order valence-corrected chi connectivity index (χ1v) is 5.99. The van der Waals surface area contributed by atoms with E-state index in [9.17, 15) is 4.39 Å². The quantitative estimate of drug-likeness (QED) is 0.915. The maximum atomic E-state index is 12.8. The fraction of sp³-hybridized carbons (Fsp3) is 0.286. The molecule has 2 aromatic rings. The lowest BCUT2D eigenvalue weighted by molar-refractivity contribution is 0.280. The molecule has 4 nitrogen and oxygen atoms in total. The average molecular weight is 261 g/mol. The minimum atomic E-state index is -0.245. The fourth-order valence-corrected chi connectivity index (χ4v) is 1.75. The Morgan fingerprint density at radius 2 is 1.95 bits per heavy atom. The van der Waals surface area contributed by atoms with Crippen molar-refractivity contribution in [2.45, 2.75) is 20.1 Å². The second-order valence-electron chi connectivity index (χ2n) is 4.42. The van der Waals surface area contributed by atoms with E-state index in [2.05, 4.69) is 9.97 Å². The molecule has 0 saturated carbocycles. The van der Waals surface area contributed by atoms with E-state index in [-0.39, 0.29) is 12.4 Å². The molecule has 0 saturated heterocycles. The Morgan fingerprint density at radius 3 is 2.53 bits per heavy atom. The molecule has 0 aliphatic carbocycles. The maximum Gasteiger partial charge on any atom is 0.225 e. The number of anilines is 1. The van der Waals surface area contributed by atoms with Crippen molar-refractivity contribution in [2.75, 3.05) is 11.9 Å². The van der Waals surface area contributed by atoms with Gasteiger partial charge in [0.25, 0.3) is 0 Å². The van der Waals surface area contributed by atoms with Crippen LogP contribution >= 0.6 is 0 Å². The number of aromatic nitrogens is 2. The molecule has 0 aliphatic rings. The smallest absolute Gasteiger partial charge is 0.225 e. The van der Waals surface area contributed by atoms with Crippen molar-refractivity contribution in [3.8, 4) is 0 Å². The van der Waals surface area contributed by atoms with Gasteiger partial charge >= 0.3 is 0 Å². The summed E-state index contributed by atoms with van der Waals surface area (Å²) in [6.07, 6.45) is 1.62. The summed E-state index contributed by atoms with van der Waals surface area (Å²) in [7, 11) is 1.87. The third kappa shape index (κ3) is 3.26. The van der Waals surface area contributed by atoms with Crippen molar-refractivity contribution in [1.29, 1.82) is 0 Å². The van der Waals surface area contributed by atoms with Crippen LogP contribution in [0.1, 0.15) is 16.8 Å². The van der Waals surface area contributed by atoms with Crippen LogP contribution in [0.2, 0.25) is 0 Å². The summed E-state index contributed by atoms with van der Waals surface area (Å²) in [5.74, 6) is 0.338. The van der Waals surface area contributed by atoms with Crippen molar-refractivity contribution in [3.63, 3.8) is 0 Å². The zero-order chi connectivity index (χ0) is 13.8. The molecule has 19 heavy (non-hydrogen) atoms. The van der Waals surface area contributed by atoms with Gasteiger partial charge in [-0.25, -0.2) is 14.4 Å². The van der Waals surface area contributed by atoms with Gasteiger partial charge in [-0.15, -0.1) is 0 Å². The van der Waals surface area contributed by atoms with Crippen LogP contribution in [0.3, 0.4) is 0 Å². The summed E-state index contributed by atoms with van der Waals surface area (Å²) in [4.78, 5) is 10.4. The predicted molar refractivity (Wildman–Crippen MR) is 71.2 cm³/mol. The van der Waals surface area contributed by atoms with Crippen LogP contribution in [0.4, 0.5) is 10.3 Å². The standard InChI is InChI=1S/C14H16FN3O/c1-10-12(9-19)7-16-14(17-10)18(2)8-11-3-5-13(15)6-4-11/h3-7,19H,8-9H2,1-2H3. The number of aliphatic hydroxyl groups excluding tert-OH is 1. The third-order valence-electron chi connectivity index (χ3n) is 2.91. The van der Waals surface area contributed by atoms with Gasteiger partial charge in [0.05, 0.1) is 6.61 Å². The molecule has 0 spiro atoms. The molecule has 0 aliphatic heterocycles. The SMILES string of the molecule is Cc1nc(N(C)Cc2ccc(F)cc2)ncc1CO. The molecule has 0 atom stereocenters. The molecule has 0 unspecified atom stereocenters. The van der Waals surface area contributed by atoms with E-state index in [1.165, 1.54) is 12.1 Å². The highest BCUT2D eigenvalue weighted by molar-refractivity contribution is 5.33. The lowest BCUT2D eigenvalue weighted by atomic mass is 10.2. The van der Waals surface area contributed by atoms with E-state index in [0.29, 0.717) is 12.5 Å². The zero-order valence-corrected chi connectivity index (χ0v) is 11.0. The van der Waals surface area contributed by atoms with Crippen LogP contribution in [0.25, 0.3) is 0 Å². The first-order chi connectivity index (χ1) is 9.10. The summed E-state index contributed by atoms with van der Waals surface area (Å²) in [6.45, 7) is 2.37. The summed E-state index contributed by atoms with van der Waals surface area (Å²) < 4.78 is 12.8. The third-order valence-corrected chi connectivity index (χ3v) is 2.91. The molecule has 2 rings (SSSR count). The number of hydrogen-bond acceptors (Lipinski definition) is 4. The summed E-state index contributed by atoms with van der Waals surface area (Å²) >= 11 is 0. The lowest BCUT2D eigenvalue weighted by Gasteiger charge is -2.18. The minimum absolute atomic E-state index is 0.0617. The van der Waals surface area contributed by atoms with Crippen LogP contribution in [0.15, 0.2) is 30.5 Å². The molecule has 100 valence electrons. The number of nitrogens with zero attached hydrogens (tertiary/aromatic N) is 3. The molecule has 0 bridgehead atoms. The van der Waals surface area contributed by atoms with E-state index >= 15 is 0 Å². The second kappa shape index (κ2) is 5.75. The average Bonchev–Trinajstić information content (AvgIpc) is 2.41. The normalized spacial score (nSPS) is 10.5. The van der Waals surface area contributed by atoms with E-state index < -0.39 is 0 Å². The summed E-state index contributed by atoms with van der Waals surface area (Å²) in [5.41, 5.74) is 2.47. The van der Waals surface area contributed by atoms with Crippen molar-refractivity contribution in [3.05, 3.63) is 53.1 Å². The van der Waals surface area contributed by atoms with Gasteiger partial charge < -0.3 is 10.0 Å². The molecule has 0 radical (unpaired) electrons. The minimum Gasteiger partial charge on any atom is -0.392 e. The largest absolute Gasteiger partial charge is 0.392 e. The first-order valence-electron chi connectivity index (χ1n) is 5.99. The number of rotatable bonds is 4. The number of benzene rings is 1. The Morgan fingerprint density at radius 1 is 1.26 bits per heavy atom. The Hall–Kier alpha value is -2.01. The van der Waals surface area contributed by atoms with E-state index in [4.69, 9.17) is 5.11 Å². The number of aryl methyl sites for hydroxylation is 1. The Balaban J connectivity index is 2.13. The monoisotopic (exact) mass is 261 g/mol. The van der Waals surface area contributed by atoms with E-state index in [1.54, 1.807) is 18.3 Å². The molecule has 1 heterocycles. The summed E-state index contributed by atoms with van der Waals surface area (Å²) in [5, 5.41) is 9.08. The number of aliphatic hydroxyl groups is 1. The van der Waals surface area contributed by atoms with Gasteiger partial charge in [-0.05, 0) is 24.6 Å². The molecular formula is C14H16FN3O. The number of halogens is 1. The van der Waals surface area contributed by atoms with Crippen LogP contribution in [-0.2, 0) is 13.2 Å². The van der Waals surface area contributed by atoms with Crippen molar-refractivity contribution in [1.82, 2.24) is 9.97 Å². The molecule has 0 amide bonds. The van der Waals surface area contributed by atoms with Gasteiger partial charge in [-0.1, -0.05) is 12.1 Å². The van der Waals surface area contributed by atoms with Gasteiger partial charge in [0.1, 0.15) is 5.82 Å². The highest BCUT2D eigenvalue weighted by atomic mass is 19.1. The highest BCUT2D eigenvalue weighted by Crippen LogP contribution is 2.13. The van der Waals surface area contributed by atoms with E-state index in [0.717, 1.165) is 16.8 Å². The van der Waals surface area contributed by atoms with Crippen molar-refractivity contribution < 1.29 is 9.50 Å². The molecular weight excluding hydrogens is 245 g/mol. The predicted octanol–water partition coefficient (Wildman–Crippen LogP) is 2.05. The van der Waals surface area contributed by atoms with Gasteiger partial charge in [-0.2, -0.15) is 0 Å². The zero-order valence-electron chi connectivity index (χ0n) is 11.0. The molecule has 1 N–H and O–H groups in total.